The summed E-state index contributed by atoms with van der Waals surface area (Å²) in [5, 5.41) is 136. The Morgan fingerprint density at radius 3 is 1.21 bits per heavy atom. The summed E-state index contributed by atoms with van der Waals surface area (Å²) in [5.74, 6) is -0.0139. The first-order valence-corrected chi connectivity index (χ1v) is 29.9. The van der Waals surface area contributed by atoms with Crippen LogP contribution in [0.3, 0.4) is 0 Å². The van der Waals surface area contributed by atoms with Crippen molar-refractivity contribution in [3.8, 4) is 0 Å². The number of non-ortho nitro benzene ring substituents is 5. The van der Waals surface area contributed by atoms with Gasteiger partial charge in [-0.25, -0.2) is 27.1 Å². The van der Waals surface area contributed by atoms with E-state index in [9.17, 15) is 101 Å². The summed E-state index contributed by atoms with van der Waals surface area (Å²) in [7, 11) is 0. The summed E-state index contributed by atoms with van der Waals surface area (Å²) in [4.78, 5) is 113. The van der Waals surface area contributed by atoms with Gasteiger partial charge in [0.25, 0.3) is 28.4 Å². The van der Waals surface area contributed by atoms with E-state index < -0.39 is 155 Å². The number of allylic oxidation sites excluding steroid dienone is 1. The lowest BCUT2D eigenvalue weighted by molar-refractivity contribution is -0.393. The Bertz CT molecular complexity index is 3800. The van der Waals surface area contributed by atoms with E-state index in [0.29, 0.717) is 31.0 Å². The van der Waals surface area contributed by atoms with Gasteiger partial charge in [0, 0.05) is 48.5 Å². The van der Waals surface area contributed by atoms with Crippen molar-refractivity contribution in [1.29, 1.82) is 0 Å². The van der Waals surface area contributed by atoms with E-state index in [2.05, 4.69) is 75.5 Å². The van der Waals surface area contributed by atoms with Gasteiger partial charge in [-0.3, -0.25) is 122 Å². The summed E-state index contributed by atoms with van der Waals surface area (Å²) in [6.07, 6.45) is 0.656. The number of nitro groups is 10. The van der Waals surface area contributed by atoms with Crippen LogP contribution in [0.15, 0.2) is 103 Å². The van der Waals surface area contributed by atoms with Gasteiger partial charge in [-0.05, 0) is 87.7 Å². The molecule has 6 rings (SSSR count). The quantitative estimate of drug-likeness (QED) is 0.00818. The first kappa shape index (κ1) is 75.5. The number of benzene rings is 5. The zero-order valence-electron chi connectivity index (χ0n) is 52.7. The van der Waals surface area contributed by atoms with Gasteiger partial charge < -0.3 is 27.1 Å². The van der Waals surface area contributed by atoms with E-state index in [4.69, 9.17) is 0 Å². The number of hydrogen-bond donors (Lipinski definition) is 14. The highest BCUT2D eigenvalue weighted by Crippen LogP contribution is 2.34. The van der Waals surface area contributed by atoms with Crippen LogP contribution in [0.1, 0.15) is 73.1 Å². The predicted octanol–water partition coefficient (Wildman–Crippen LogP) is 7.53. The molecule has 44 heteroatoms. The SMILES string of the molecule is CCC(C)CC/C=C/C(NNc1ccc([N+](=O)[O-])cc1[N+](=O)[O-])N[C@H]1CCCNC(NNc2ccc([N+](=O)[O-])cc2[N+](=O)[O-])[C@H](CC(C)C)NC(NNc2ccc([N+](=O)[O-])cc2[N+](=O)[O-])C(NNc2ccc([N+](=O)[O-])cc2[N+](=O)[O-])[C@H](C)NC1NNc1ccc([N+](=O)[O-])cc1[N+](=O)[O-]. The van der Waals surface area contributed by atoms with Crippen molar-refractivity contribution < 1.29 is 49.2 Å². The Morgan fingerprint density at radius 2 is 0.847 bits per heavy atom. The molecule has 44 nitrogen and oxygen atoms in total. The second-order valence-electron chi connectivity index (χ2n) is 22.6. The molecule has 1 aliphatic heterocycles. The molecule has 0 radical (unpaired) electrons. The predicted molar refractivity (Wildman–Crippen MR) is 352 cm³/mol. The van der Waals surface area contributed by atoms with Gasteiger partial charge in [0.1, 0.15) is 28.4 Å². The molecule has 0 aromatic heterocycles. The molecule has 0 aliphatic carbocycles. The number of nitrogens with one attached hydrogen (secondary N) is 14. The molecule has 14 N–H and O–H groups in total. The minimum Gasteiger partial charge on any atom is -0.315 e. The summed E-state index contributed by atoms with van der Waals surface area (Å²) in [6, 6.07) is 8.96. The third-order valence-corrected chi connectivity index (χ3v) is 15.3. The van der Waals surface area contributed by atoms with Gasteiger partial charge in [0.05, 0.1) is 110 Å². The molecule has 0 spiro atoms. The second kappa shape index (κ2) is 35.3. The number of nitro benzene ring substituents is 10. The van der Waals surface area contributed by atoms with Crippen molar-refractivity contribution in [2.75, 3.05) is 33.7 Å². The molecular weight excluding hydrogens is 1300 g/mol. The number of anilines is 5. The Morgan fingerprint density at radius 1 is 0.480 bits per heavy atom. The van der Waals surface area contributed by atoms with Crippen LogP contribution < -0.4 is 75.5 Å². The van der Waals surface area contributed by atoms with E-state index in [0.717, 1.165) is 79.2 Å². The third kappa shape index (κ3) is 21.2. The molecule has 0 bridgehead atoms. The van der Waals surface area contributed by atoms with E-state index in [1.807, 2.05) is 27.7 Å². The maximum Gasteiger partial charge on any atom is 0.300 e. The molecule has 1 aliphatic rings. The van der Waals surface area contributed by atoms with Crippen molar-refractivity contribution in [1.82, 2.24) is 48.4 Å². The molecule has 0 amide bonds. The van der Waals surface area contributed by atoms with Crippen LogP contribution in [0.5, 0.6) is 0 Å². The smallest absolute Gasteiger partial charge is 0.300 e. The Labute approximate surface area is 553 Å². The van der Waals surface area contributed by atoms with E-state index in [-0.39, 0.29) is 66.1 Å². The second-order valence-corrected chi connectivity index (χ2v) is 22.6. The van der Waals surface area contributed by atoms with Gasteiger partial charge in [-0.1, -0.05) is 46.3 Å². The summed E-state index contributed by atoms with van der Waals surface area (Å²) < 4.78 is 0. The molecule has 98 heavy (non-hydrogen) atoms. The average Bonchev–Trinajstić information content (AvgIpc) is 1.01. The summed E-state index contributed by atoms with van der Waals surface area (Å²) in [5.41, 5.74) is 20.2. The lowest BCUT2D eigenvalue weighted by atomic mass is 9.99. The van der Waals surface area contributed by atoms with Crippen LogP contribution in [0.2, 0.25) is 0 Å². The van der Waals surface area contributed by atoms with Crippen LogP contribution in [-0.4, -0.2) is 105 Å². The fourth-order valence-corrected chi connectivity index (χ4v) is 10.1. The zero-order valence-corrected chi connectivity index (χ0v) is 52.7. The highest BCUT2D eigenvalue weighted by Gasteiger charge is 2.38. The first-order valence-electron chi connectivity index (χ1n) is 29.9. The molecule has 1 heterocycles. The van der Waals surface area contributed by atoms with Crippen molar-refractivity contribution in [3.05, 3.63) is 204 Å². The Balaban J connectivity index is 1.61. The van der Waals surface area contributed by atoms with Gasteiger partial charge >= 0.3 is 28.4 Å². The molecule has 5 aromatic rings. The molecule has 1 saturated heterocycles. The zero-order chi connectivity index (χ0) is 72.1. The van der Waals surface area contributed by atoms with Crippen LogP contribution in [0.25, 0.3) is 0 Å². The minimum atomic E-state index is -1.48. The van der Waals surface area contributed by atoms with Crippen molar-refractivity contribution in [2.24, 2.45) is 11.8 Å². The highest BCUT2D eigenvalue weighted by molar-refractivity contribution is 5.68. The van der Waals surface area contributed by atoms with Gasteiger partial charge in [0.2, 0.25) is 0 Å². The van der Waals surface area contributed by atoms with E-state index in [1.54, 1.807) is 12.2 Å². The van der Waals surface area contributed by atoms with Crippen LogP contribution in [0, 0.1) is 113 Å². The largest absolute Gasteiger partial charge is 0.315 e. The van der Waals surface area contributed by atoms with Crippen molar-refractivity contribution in [2.45, 2.75) is 122 Å². The van der Waals surface area contributed by atoms with Crippen LogP contribution >= 0.6 is 0 Å². The number of hydrogen-bond acceptors (Lipinski definition) is 34. The molecule has 1 fully saturated rings. The fraction of sp³-hybridized carbons (Fsp3) is 0.407. The van der Waals surface area contributed by atoms with Crippen LogP contribution in [-0.2, 0) is 0 Å². The fourth-order valence-electron chi connectivity index (χ4n) is 10.1. The van der Waals surface area contributed by atoms with Gasteiger partial charge in [0.15, 0.2) is 0 Å². The van der Waals surface area contributed by atoms with Gasteiger partial charge in [-0.15, -0.1) is 0 Å². The maximum atomic E-state index is 12.7. The molecule has 5 aromatic carbocycles. The van der Waals surface area contributed by atoms with Crippen LogP contribution in [0.4, 0.5) is 85.3 Å². The Hall–Kier alpha value is -11.5. The monoisotopic (exact) mass is 1370 g/mol. The topological polar surface area (TPSA) is 600 Å². The lowest BCUT2D eigenvalue weighted by Gasteiger charge is -2.41. The molecule has 526 valence electrons. The number of nitrogens with zero attached hydrogens (tertiary/aromatic N) is 10. The minimum absolute atomic E-state index is 0.00581. The van der Waals surface area contributed by atoms with Gasteiger partial charge in [-0.2, -0.15) is 0 Å². The summed E-state index contributed by atoms with van der Waals surface area (Å²) >= 11 is 0. The van der Waals surface area contributed by atoms with E-state index in [1.165, 1.54) is 6.92 Å². The normalized spacial score (nSPS) is 18.9. The van der Waals surface area contributed by atoms with Crippen molar-refractivity contribution >= 4 is 85.3 Å². The third-order valence-electron chi connectivity index (χ3n) is 15.3. The lowest BCUT2D eigenvalue weighted by Crippen LogP contribution is -2.71. The molecule has 6 unspecified atom stereocenters. The van der Waals surface area contributed by atoms with E-state index >= 15 is 0 Å². The van der Waals surface area contributed by atoms with Crippen molar-refractivity contribution in [3.63, 3.8) is 0 Å². The standard InChI is InChI=1S/C54H70N24O20/c1-6-31(4)10-7-8-12-50(64-59-38-18-13-33(69(79)80)25-45(38)74(89)90)57-43-11-9-23-55-52(66-61-40-20-15-35(71(83)84)27-47(40)76(93)94)44(24-30(2)3)58-54(68-63-42-22-17-37(73(87)88)29-49(42)78(97)98)51(65-60-39-19-14-34(70(81)82)26-46(39)75(91)92)32(5)56-53(43)67-62-41-21-16-36(72(85)86)28-48(41)77(95)96/h8,12-22,25-32,43-44,50-68H,6-7,9-11,23-24H2,1-5H3/b12-8+/t31?,32-,43-,44-,50?,51?,52?,53?,54?/m0/s1. The Kier molecular flexibility index (Phi) is 27.2. The molecule has 9 atom stereocenters. The number of rotatable bonds is 34. The molecular formula is C54H70N24O20. The number of hydrazine groups is 5. The highest BCUT2D eigenvalue weighted by atomic mass is 16.7. The summed E-state index contributed by atoms with van der Waals surface area (Å²) in [6.45, 7) is 9.19. The average molecular weight is 1380 g/mol. The molecule has 0 saturated carbocycles. The maximum absolute atomic E-state index is 12.7. The first-order chi connectivity index (χ1) is 46.5.